The molecule has 1 saturated heterocycles. The van der Waals surface area contributed by atoms with E-state index in [0.29, 0.717) is 6.04 Å². The molecule has 1 heterocycles. The van der Waals surface area contributed by atoms with E-state index in [0.717, 1.165) is 22.5 Å². The van der Waals surface area contributed by atoms with E-state index in [9.17, 15) is 0 Å². The molecule has 2 aliphatic rings. The number of halogens is 1. The second-order valence-electron chi connectivity index (χ2n) is 6.10. The summed E-state index contributed by atoms with van der Waals surface area (Å²) in [4.78, 5) is 2.56. The van der Waals surface area contributed by atoms with Crippen molar-refractivity contribution < 1.29 is 5.21 Å². The number of amidine groups is 1. The Kier molecular flexibility index (Phi) is 4.38. The zero-order valence-electron chi connectivity index (χ0n) is 12.1. The minimum atomic E-state index is 0.149. The molecular weight excluding hydrogens is 330 g/mol. The fourth-order valence-electron chi connectivity index (χ4n) is 3.88. The highest BCUT2D eigenvalue weighted by molar-refractivity contribution is 9.10. The molecule has 1 aromatic carbocycles. The molecule has 3 rings (SSSR count). The Balaban J connectivity index is 1.88. The van der Waals surface area contributed by atoms with Gasteiger partial charge in [-0.2, -0.15) is 0 Å². The van der Waals surface area contributed by atoms with Crippen molar-refractivity contribution in [3.8, 4) is 0 Å². The van der Waals surface area contributed by atoms with Crippen LogP contribution >= 0.6 is 15.9 Å². The van der Waals surface area contributed by atoms with Crippen LogP contribution in [0.4, 0.5) is 5.69 Å². The largest absolute Gasteiger partial charge is 0.409 e. The maximum absolute atomic E-state index is 8.79. The van der Waals surface area contributed by atoms with E-state index in [1.54, 1.807) is 0 Å². The number of rotatable bonds is 2. The third-order valence-corrected chi connectivity index (χ3v) is 5.54. The summed E-state index contributed by atoms with van der Waals surface area (Å²) in [6.07, 6.45) is 8.06. The molecule has 0 aromatic heterocycles. The van der Waals surface area contributed by atoms with Gasteiger partial charge in [-0.15, -0.1) is 0 Å². The lowest BCUT2D eigenvalue weighted by molar-refractivity contribution is 0.243. The summed E-state index contributed by atoms with van der Waals surface area (Å²) in [6.45, 7) is 1.13. The minimum Gasteiger partial charge on any atom is -0.409 e. The van der Waals surface area contributed by atoms with Gasteiger partial charge in [0.1, 0.15) is 0 Å². The summed E-state index contributed by atoms with van der Waals surface area (Å²) >= 11 is 3.66. The molecule has 114 valence electrons. The third-order valence-electron chi connectivity index (χ3n) is 4.90. The van der Waals surface area contributed by atoms with Crippen molar-refractivity contribution in [3.05, 3.63) is 28.2 Å². The Bertz CT molecular complexity index is 544. The Morgan fingerprint density at radius 2 is 2.00 bits per heavy atom. The van der Waals surface area contributed by atoms with E-state index in [1.807, 2.05) is 12.1 Å². The molecule has 0 radical (unpaired) electrons. The van der Waals surface area contributed by atoms with Crippen LogP contribution in [0.1, 0.15) is 44.1 Å². The van der Waals surface area contributed by atoms with Crippen molar-refractivity contribution in [2.45, 2.75) is 44.6 Å². The smallest absolute Gasteiger partial charge is 0.170 e. The van der Waals surface area contributed by atoms with Crippen LogP contribution in [0.5, 0.6) is 0 Å². The lowest BCUT2D eigenvalue weighted by Gasteiger charge is -2.45. The number of benzene rings is 1. The van der Waals surface area contributed by atoms with Crippen molar-refractivity contribution in [2.75, 3.05) is 11.4 Å². The molecule has 1 aliphatic heterocycles. The average molecular weight is 352 g/mol. The van der Waals surface area contributed by atoms with E-state index in [4.69, 9.17) is 10.9 Å². The topological polar surface area (TPSA) is 61.9 Å². The molecule has 3 N–H and O–H groups in total. The maximum atomic E-state index is 8.79. The van der Waals surface area contributed by atoms with Gasteiger partial charge in [0.15, 0.2) is 5.84 Å². The standard InChI is InChI=1S/C16H22BrN3O/c17-13-10-12(16(18)19-21)7-8-15(13)20-9-3-5-11-4-1-2-6-14(11)20/h7-8,10-11,14,21H,1-6,9H2,(H2,18,19). The van der Waals surface area contributed by atoms with Crippen molar-refractivity contribution in [1.29, 1.82) is 0 Å². The summed E-state index contributed by atoms with van der Waals surface area (Å²) in [7, 11) is 0. The fourth-order valence-corrected chi connectivity index (χ4v) is 4.49. The highest BCUT2D eigenvalue weighted by Crippen LogP contribution is 2.40. The van der Waals surface area contributed by atoms with E-state index >= 15 is 0 Å². The molecule has 4 nitrogen and oxygen atoms in total. The fraction of sp³-hybridized carbons (Fsp3) is 0.562. The highest BCUT2D eigenvalue weighted by Gasteiger charge is 2.33. The minimum absolute atomic E-state index is 0.149. The molecule has 0 bridgehead atoms. The molecule has 1 aliphatic carbocycles. The number of hydrogen-bond acceptors (Lipinski definition) is 3. The van der Waals surface area contributed by atoms with Crippen molar-refractivity contribution in [3.63, 3.8) is 0 Å². The predicted molar refractivity (Wildman–Crippen MR) is 89.0 cm³/mol. The summed E-state index contributed by atoms with van der Waals surface area (Å²) < 4.78 is 1.03. The van der Waals surface area contributed by atoms with Gasteiger partial charge in [-0.3, -0.25) is 0 Å². The molecule has 21 heavy (non-hydrogen) atoms. The molecule has 0 spiro atoms. The second kappa shape index (κ2) is 6.26. The molecule has 0 amide bonds. The predicted octanol–water partition coefficient (Wildman–Crippen LogP) is 3.70. The van der Waals surface area contributed by atoms with Crippen molar-refractivity contribution >= 4 is 27.5 Å². The second-order valence-corrected chi connectivity index (χ2v) is 6.95. The first-order valence-corrected chi connectivity index (χ1v) is 8.54. The van der Waals surface area contributed by atoms with Gasteiger partial charge in [0.2, 0.25) is 0 Å². The first-order chi connectivity index (χ1) is 10.2. The lowest BCUT2D eigenvalue weighted by Crippen LogP contribution is -2.47. The number of fused-ring (bicyclic) bond motifs is 1. The monoisotopic (exact) mass is 351 g/mol. The molecule has 2 unspecified atom stereocenters. The first kappa shape index (κ1) is 14.7. The van der Waals surface area contributed by atoms with Crippen LogP contribution in [-0.2, 0) is 0 Å². The summed E-state index contributed by atoms with van der Waals surface area (Å²) in [5.41, 5.74) is 7.64. The molecule has 2 fully saturated rings. The van der Waals surface area contributed by atoms with Gasteiger partial charge in [-0.1, -0.05) is 18.0 Å². The van der Waals surface area contributed by atoms with Crippen molar-refractivity contribution in [1.82, 2.24) is 0 Å². The quantitative estimate of drug-likeness (QED) is 0.369. The van der Waals surface area contributed by atoms with Crippen LogP contribution in [0.3, 0.4) is 0 Å². The number of nitrogens with two attached hydrogens (primary N) is 1. The number of piperidine rings is 1. The van der Waals surface area contributed by atoms with Crippen LogP contribution in [-0.4, -0.2) is 23.6 Å². The molecule has 1 saturated carbocycles. The zero-order valence-corrected chi connectivity index (χ0v) is 13.7. The average Bonchev–Trinajstić information content (AvgIpc) is 2.53. The summed E-state index contributed by atoms with van der Waals surface area (Å²) in [5.74, 6) is 1.000. The molecule has 2 atom stereocenters. The zero-order chi connectivity index (χ0) is 14.8. The number of nitrogens with zero attached hydrogens (tertiary/aromatic N) is 2. The van der Waals surface area contributed by atoms with Crippen LogP contribution < -0.4 is 10.6 Å². The van der Waals surface area contributed by atoms with Gasteiger partial charge in [0.05, 0.1) is 5.69 Å². The SMILES string of the molecule is N/C(=N/O)c1ccc(N2CCCC3CCCCC32)c(Br)c1. The summed E-state index contributed by atoms with van der Waals surface area (Å²) in [5, 5.41) is 11.9. The van der Waals surface area contributed by atoms with Crippen LogP contribution in [0.2, 0.25) is 0 Å². The number of hydrogen-bond donors (Lipinski definition) is 2. The van der Waals surface area contributed by atoms with Gasteiger partial charge in [-0.05, 0) is 65.7 Å². The van der Waals surface area contributed by atoms with E-state index in [-0.39, 0.29) is 5.84 Å². The van der Waals surface area contributed by atoms with Crippen LogP contribution in [0.25, 0.3) is 0 Å². The normalized spacial score (nSPS) is 26.5. The Labute approximate surface area is 134 Å². The Hall–Kier alpha value is -1.23. The first-order valence-electron chi connectivity index (χ1n) is 7.75. The van der Waals surface area contributed by atoms with Gasteiger partial charge in [-0.25, -0.2) is 0 Å². The number of anilines is 1. The summed E-state index contributed by atoms with van der Waals surface area (Å²) in [6, 6.07) is 6.64. The Morgan fingerprint density at radius 3 is 2.76 bits per heavy atom. The van der Waals surface area contributed by atoms with E-state index in [1.165, 1.54) is 44.2 Å². The van der Waals surface area contributed by atoms with Crippen molar-refractivity contribution in [2.24, 2.45) is 16.8 Å². The molecule has 1 aromatic rings. The lowest BCUT2D eigenvalue weighted by atomic mass is 9.78. The van der Waals surface area contributed by atoms with Gasteiger partial charge in [0.25, 0.3) is 0 Å². The highest BCUT2D eigenvalue weighted by atomic mass is 79.9. The molecule has 5 heteroatoms. The number of oxime groups is 1. The van der Waals surface area contributed by atoms with E-state index < -0.39 is 0 Å². The van der Waals surface area contributed by atoms with Gasteiger partial charge >= 0.3 is 0 Å². The van der Waals surface area contributed by atoms with Gasteiger partial charge in [0, 0.05) is 22.6 Å². The molecular formula is C16H22BrN3O. The van der Waals surface area contributed by atoms with Gasteiger partial charge < -0.3 is 15.8 Å². The van der Waals surface area contributed by atoms with E-state index in [2.05, 4.69) is 32.1 Å². The Morgan fingerprint density at radius 1 is 1.24 bits per heavy atom. The van der Waals surface area contributed by atoms with Crippen LogP contribution in [0, 0.1) is 5.92 Å². The van der Waals surface area contributed by atoms with Crippen LogP contribution in [0.15, 0.2) is 27.8 Å². The maximum Gasteiger partial charge on any atom is 0.170 e. The third kappa shape index (κ3) is 2.89.